The maximum atomic E-state index is 12.4. The average Bonchev–Trinajstić information content (AvgIpc) is 2.01. The molecule has 1 aromatic carbocycles. The van der Waals surface area contributed by atoms with Crippen LogP contribution in [0.25, 0.3) is 0 Å². The van der Waals surface area contributed by atoms with Crippen LogP contribution >= 0.6 is 0 Å². The minimum Gasteiger partial charge on any atom is -0.166 e. The third-order valence-electron chi connectivity index (χ3n) is 1.86. The number of hydrogen-bond acceptors (Lipinski definition) is 1. The summed E-state index contributed by atoms with van der Waals surface area (Å²) in [6.45, 7) is 1.47. The lowest BCUT2D eigenvalue weighted by molar-refractivity contribution is -0.431. The summed E-state index contributed by atoms with van der Waals surface area (Å²) in [7, 11) is 1.05. The maximum Gasteiger partial charge on any atom is 0.422 e. The molecule has 1 aromatic rings. The van der Waals surface area contributed by atoms with Crippen LogP contribution in [0, 0.1) is 11.8 Å². The second-order valence-corrected chi connectivity index (χ2v) is 2.97. The second-order valence-electron chi connectivity index (χ2n) is 2.97. The Kier molecular flexibility index (Phi) is 2.59. The maximum absolute atomic E-state index is 12.4. The number of nitrogens with zero attached hydrogens (tertiary/aromatic N) is 1. The van der Waals surface area contributed by atoms with Crippen molar-refractivity contribution in [2.24, 2.45) is 0 Å². The van der Waals surface area contributed by atoms with Gasteiger partial charge in [-0.2, -0.15) is 13.2 Å². The van der Waals surface area contributed by atoms with Gasteiger partial charge in [0.1, 0.15) is 5.56 Å². The first-order chi connectivity index (χ1) is 6.34. The molecule has 76 valence electrons. The predicted molar refractivity (Wildman–Crippen MR) is 45.4 cm³/mol. The van der Waals surface area contributed by atoms with Gasteiger partial charge >= 0.3 is 6.18 Å². The summed E-state index contributed by atoms with van der Waals surface area (Å²) < 4.78 is 37.5. The highest BCUT2D eigenvalue weighted by atomic mass is 19.4. The molecule has 0 aliphatic rings. The van der Waals surface area contributed by atoms with Gasteiger partial charge in [-0.1, -0.05) is 12.1 Å². The van der Waals surface area contributed by atoms with Gasteiger partial charge in [0.05, 0.1) is 0 Å². The van der Waals surface area contributed by atoms with Crippen molar-refractivity contribution in [1.29, 1.82) is 0 Å². The van der Waals surface area contributed by atoms with Crippen molar-refractivity contribution >= 4 is 5.69 Å². The van der Waals surface area contributed by atoms with Crippen LogP contribution in [0.1, 0.15) is 11.1 Å². The number of rotatable bonds is 1. The molecule has 1 rings (SSSR count). The Morgan fingerprint density at radius 3 is 2.21 bits per heavy atom. The zero-order chi connectivity index (χ0) is 10.9. The summed E-state index contributed by atoms with van der Waals surface area (Å²) in [6.07, 6.45) is -4.49. The molecule has 0 unspecified atom stereocenters. The van der Waals surface area contributed by atoms with E-state index in [9.17, 15) is 18.1 Å². The van der Waals surface area contributed by atoms with E-state index in [4.69, 9.17) is 0 Å². The largest absolute Gasteiger partial charge is 0.422 e. The van der Waals surface area contributed by atoms with Gasteiger partial charge in [-0.3, -0.25) is 0 Å². The van der Waals surface area contributed by atoms with Crippen LogP contribution in [0.4, 0.5) is 18.9 Å². The molecule has 2 nitrogen and oxygen atoms in total. The van der Waals surface area contributed by atoms with E-state index in [-0.39, 0.29) is 10.4 Å². The standard InChI is InChI=1S/C9H9F3NO/c1-6-4-3-5-7(9(10,11)12)8(6)13(2)14/h3-5H,1-2H3/q+1. The van der Waals surface area contributed by atoms with Crippen molar-refractivity contribution in [2.75, 3.05) is 7.05 Å². The van der Waals surface area contributed by atoms with Crippen LogP contribution in [0.3, 0.4) is 0 Å². The predicted octanol–water partition coefficient (Wildman–Crippen LogP) is 3.05. The van der Waals surface area contributed by atoms with Crippen molar-refractivity contribution in [2.45, 2.75) is 13.1 Å². The lowest BCUT2D eigenvalue weighted by Crippen LogP contribution is -2.10. The Morgan fingerprint density at radius 2 is 1.86 bits per heavy atom. The van der Waals surface area contributed by atoms with Gasteiger partial charge in [0.25, 0.3) is 5.69 Å². The van der Waals surface area contributed by atoms with Crippen molar-refractivity contribution in [1.82, 2.24) is 0 Å². The smallest absolute Gasteiger partial charge is 0.166 e. The molecule has 0 radical (unpaired) electrons. The summed E-state index contributed by atoms with van der Waals surface area (Å²) in [5.41, 5.74) is -0.896. The highest BCUT2D eigenvalue weighted by Gasteiger charge is 2.38. The Balaban J connectivity index is 3.44. The Morgan fingerprint density at radius 1 is 1.29 bits per heavy atom. The highest BCUT2D eigenvalue weighted by Crippen LogP contribution is 2.37. The molecule has 0 fully saturated rings. The van der Waals surface area contributed by atoms with E-state index < -0.39 is 11.7 Å². The zero-order valence-electron chi connectivity index (χ0n) is 7.72. The van der Waals surface area contributed by atoms with E-state index in [1.54, 1.807) is 0 Å². The molecule has 0 atom stereocenters. The van der Waals surface area contributed by atoms with Gasteiger partial charge in [0.2, 0.25) is 0 Å². The summed E-state index contributed by atoms with van der Waals surface area (Å²) in [6, 6.07) is 3.65. The van der Waals surface area contributed by atoms with E-state index in [0.717, 1.165) is 13.1 Å². The highest BCUT2D eigenvalue weighted by molar-refractivity contribution is 5.48. The van der Waals surface area contributed by atoms with Gasteiger partial charge in [-0.15, -0.1) is 0 Å². The van der Waals surface area contributed by atoms with Gasteiger partial charge in [-0.25, -0.2) is 0 Å². The molecule has 0 amide bonds. The molecule has 14 heavy (non-hydrogen) atoms. The first kappa shape index (κ1) is 10.7. The van der Waals surface area contributed by atoms with Crippen LogP contribution in [0.15, 0.2) is 18.2 Å². The average molecular weight is 204 g/mol. The summed E-state index contributed by atoms with van der Waals surface area (Å²) in [5, 5.41) is 0. The van der Waals surface area contributed by atoms with Crippen LogP contribution in [-0.4, -0.2) is 11.8 Å². The van der Waals surface area contributed by atoms with Crippen LogP contribution in [0.2, 0.25) is 0 Å². The molecule has 0 heterocycles. The first-order valence-electron chi connectivity index (χ1n) is 3.91. The second kappa shape index (κ2) is 3.40. The topological polar surface area (TPSA) is 20.1 Å². The molecular formula is C9H9F3NO+. The number of hydrogen-bond donors (Lipinski definition) is 0. The Labute approximate surface area is 78.9 Å². The number of nitroso groups, excluding NO2 is 1. The lowest BCUT2D eigenvalue weighted by atomic mass is 10.1. The fourth-order valence-electron chi connectivity index (χ4n) is 1.31. The van der Waals surface area contributed by atoms with E-state index in [0.29, 0.717) is 5.56 Å². The van der Waals surface area contributed by atoms with Crippen molar-refractivity contribution < 1.29 is 17.9 Å². The van der Waals surface area contributed by atoms with Crippen LogP contribution in [0.5, 0.6) is 0 Å². The van der Waals surface area contributed by atoms with Crippen molar-refractivity contribution in [3.63, 3.8) is 0 Å². The fourth-order valence-corrected chi connectivity index (χ4v) is 1.31. The van der Waals surface area contributed by atoms with Crippen LogP contribution in [-0.2, 0) is 6.18 Å². The van der Waals surface area contributed by atoms with Crippen molar-refractivity contribution in [3.05, 3.63) is 34.2 Å². The number of alkyl halides is 3. The van der Waals surface area contributed by atoms with Gasteiger partial charge < -0.3 is 0 Å². The van der Waals surface area contributed by atoms with Gasteiger partial charge in [0.15, 0.2) is 7.05 Å². The third-order valence-corrected chi connectivity index (χ3v) is 1.86. The Hall–Kier alpha value is -1.39. The molecular weight excluding hydrogens is 195 g/mol. The number of halogens is 3. The molecule has 0 N–H and O–H groups in total. The Bertz CT molecular complexity index is 371. The zero-order valence-corrected chi connectivity index (χ0v) is 7.72. The third kappa shape index (κ3) is 1.92. The first-order valence-corrected chi connectivity index (χ1v) is 3.91. The van der Waals surface area contributed by atoms with E-state index in [1.165, 1.54) is 19.1 Å². The summed E-state index contributed by atoms with van der Waals surface area (Å²) in [5.74, 6) is 0. The summed E-state index contributed by atoms with van der Waals surface area (Å²) in [4.78, 5) is 11.0. The number of aryl methyl sites for hydroxylation is 1. The van der Waals surface area contributed by atoms with Crippen LogP contribution < -0.4 is 0 Å². The molecule has 0 spiro atoms. The number of para-hydroxylation sites is 1. The van der Waals surface area contributed by atoms with Gasteiger partial charge in [-0.05, 0) is 13.0 Å². The fraction of sp³-hybridized carbons (Fsp3) is 0.333. The molecule has 0 bridgehead atoms. The minimum atomic E-state index is -4.49. The molecule has 0 aliphatic heterocycles. The molecule has 5 heteroatoms. The lowest BCUT2D eigenvalue weighted by Gasteiger charge is -2.07. The number of benzene rings is 1. The molecule has 0 aromatic heterocycles. The molecule has 0 saturated heterocycles. The minimum absolute atomic E-state index is 0.234. The van der Waals surface area contributed by atoms with Gasteiger partial charge in [0, 0.05) is 15.2 Å². The van der Waals surface area contributed by atoms with E-state index >= 15 is 0 Å². The van der Waals surface area contributed by atoms with E-state index in [1.807, 2.05) is 0 Å². The SMILES string of the molecule is Cc1cccc(C(F)(F)F)c1[N+](C)=O. The molecule has 0 aliphatic carbocycles. The summed E-state index contributed by atoms with van der Waals surface area (Å²) >= 11 is 0. The quantitative estimate of drug-likeness (QED) is 0.643. The normalized spacial score (nSPS) is 11.5. The van der Waals surface area contributed by atoms with Crippen molar-refractivity contribution in [3.8, 4) is 0 Å². The van der Waals surface area contributed by atoms with E-state index in [2.05, 4.69) is 0 Å². The molecule has 0 saturated carbocycles. The monoisotopic (exact) mass is 204 g/mol.